The van der Waals surface area contributed by atoms with Gasteiger partial charge in [0.15, 0.2) is 0 Å². The first-order valence-corrected chi connectivity index (χ1v) is 9.28. The van der Waals surface area contributed by atoms with E-state index in [4.69, 9.17) is 27.9 Å². The minimum Gasteiger partial charge on any atom is -0.457 e. The van der Waals surface area contributed by atoms with Crippen molar-refractivity contribution in [3.63, 3.8) is 0 Å². The summed E-state index contributed by atoms with van der Waals surface area (Å²) < 4.78 is 5.53. The predicted molar refractivity (Wildman–Crippen MR) is 111 cm³/mol. The Kier molecular flexibility index (Phi) is 5.24. The van der Waals surface area contributed by atoms with Gasteiger partial charge in [0.1, 0.15) is 6.61 Å². The zero-order valence-corrected chi connectivity index (χ0v) is 16.1. The lowest BCUT2D eigenvalue weighted by Gasteiger charge is -2.11. The van der Waals surface area contributed by atoms with Crippen molar-refractivity contribution in [2.75, 3.05) is 0 Å². The lowest BCUT2D eigenvalue weighted by molar-refractivity contribution is 0.0475. The molecular weight excluding hydrogens is 395 g/mol. The van der Waals surface area contributed by atoms with Gasteiger partial charge in [-0.05, 0) is 36.4 Å². The van der Waals surface area contributed by atoms with Crippen molar-refractivity contribution in [1.29, 1.82) is 0 Å². The van der Waals surface area contributed by atoms with Crippen LogP contribution in [0.3, 0.4) is 0 Å². The normalized spacial score (nSPS) is 10.8. The summed E-state index contributed by atoms with van der Waals surface area (Å²) in [5, 5.41) is 1.71. The van der Waals surface area contributed by atoms with Gasteiger partial charge in [0.05, 0.1) is 16.8 Å². The molecule has 2 aromatic heterocycles. The third-order valence-corrected chi connectivity index (χ3v) is 4.87. The number of halogens is 2. The van der Waals surface area contributed by atoms with Gasteiger partial charge in [-0.25, -0.2) is 9.78 Å². The molecule has 4 rings (SSSR count). The zero-order valence-electron chi connectivity index (χ0n) is 14.6. The van der Waals surface area contributed by atoms with Gasteiger partial charge in [0.2, 0.25) is 0 Å². The van der Waals surface area contributed by atoms with Gasteiger partial charge < -0.3 is 4.74 Å². The second-order valence-electron chi connectivity index (χ2n) is 6.12. The van der Waals surface area contributed by atoms with E-state index in [9.17, 15) is 4.79 Å². The van der Waals surface area contributed by atoms with E-state index in [0.29, 0.717) is 32.4 Å². The zero-order chi connectivity index (χ0) is 19.5. The number of carbonyl (C=O) groups is 1. The fraction of sp³-hybridized carbons (Fsp3) is 0.0455. The van der Waals surface area contributed by atoms with E-state index in [0.717, 1.165) is 10.9 Å². The second-order valence-corrected chi connectivity index (χ2v) is 6.96. The Balaban J connectivity index is 1.69. The maximum absolute atomic E-state index is 12.9. The first-order valence-electron chi connectivity index (χ1n) is 8.53. The molecule has 2 heterocycles. The van der Waals surface area contributed by atoms with Crippen LogP contribution in [0.1, 0.15) is 15.9 Å². The number of hydrogen-bond donors (Lipinski definition) is 0. The number of carbonyl (C=O) groups excluding carboxylic acids is 1. The van der Waals surface area contributed by atoms with Crippen LogP contribution in [-0.4, -0.2) is 15.9 Å². The van der Waals surface area contributed by atoms with Crippen LogP contribution in [0.4, 0.5) is 0 Å². The Morgan fingerprint density at radius 3 is 2.54 bits per heavy atom. The molecule has 0 amide bonds. The van der Waals surface area contributed by atoms with Crippen molar-refractivity contribution in [2.24, 2.45) is 0 Å². The van der Waals surface area contributed by atoms with E-state index in [2.05, 4.69) is 9.97 Å². The molecule has 0 saturated carbocycles. The number of rotatable bonds is 4. The highest BCUT2D eigenvalue weighted by atomic mass is 35.5. The minimum absolute atomic E-state index is 0.0517. The van der Waals surface area contributed by atoms with Crippen LogP contribution in [-0.2, 0) is 11.3 Å². The molecular formula is C22H14Cl2N2O2. The summed E-state index contributed by atoms with van der Waals surface area (Å²) in [5.41, 5.74) is 3.40. The molecule has 28 heavy (non-hydrogen) atoms. The van der Waals surface area contributed by atoms with Crippen LogP contribution in [0.5, 0.6) is 0 Å². The fourth-order valence-electron chi connectivity index (χ4n) is 2.87. The van der Waals surface area contributed by atoms with Crippen molar-refractivity contribution in [2.45, 2.75) is 6.61 Å². The molecule has 0 saturated heterocycles. The van der Waals surface area contributed by atoms with E-state index in [1.165, 1.54) is 0 Å². The molecule has 4 aromatic rings. The summed E-state index contributed by atoms with van der Waals surface area (Å²) in [6.07, 6.45) is 3.37. The number of pyridine rings is 2. The number of benzene rings is 2. The standard InChI is InChI=1S/C22H14Cl2N2O2/c23-16-6-5-15(19(24)11-16)13-28-22(27)18-12-21(14-7-9-25-10-8-14)26-20-4-2-1-3-17(18)20/h1-12H,13H2. The third kappa shape index (κ3) is 3.84. The topological polar surface area (TPSA) is 52.1 Å². The lowest BCUT2D eigenvalue weighted by atomic mass is 10.0. The molecule has 0 aliphatic heterocycles. The van der Waals surface area contributed by atoms with Crippen LogP contribution in [0, 0.1) is 0 Å². The molecule has 0 aliphatic rings. The number of para-hydroxylation sites is 1. The number of aromatic nitrogens is 2. The van der Waals surface area contributed by atoms with Gasteiger partial charge in [-0.1, -0.05) is 47.5 Å². The van der Waals surface area contributed by atoms with Gasteiger partial charge in [0.25, 0.3) is 0 Å². The maximum Gasteiger partial charge on any atom is 0.339 e. The van der Waals surface area contributed by atoms with E-state index in [1.54, 1.807) is 36.7 Å². The summed E-state index contributed by atoms with van der Waals surface area (Å²) in [6, 6.07) is 18.0. The Hall–Kier alpha value is -2.95. The summed E-state index contributed by atoms with van der Waals surface area (Å²) in [5.74, 6) is -0.445. The van der Waals surface area contributed by atoms with Gasteiger partial charge in [-0.15, -0.1) is 0 Å². The third-order valence-electron chi connectivity index (χ3n) is 4.29. The Morgan fingerprint density at radius 2 is 1.75 bits per heavy atom. The molecule has 6 heteroatoms. The van der Waals surface area contributed by atoms with Gasteiger partial charge in [0, 0.05) is 39.0 Å². The van der Waals surface area contributed by atoms with Crippen molar-refractivity contribution in [1.82, 2.24) is 9.97 Å². The molecule has 4 nitrogen and oxygen atoms in total. The largest absolute Gasteiger partial charge is 0.457 e. The Labute approximate surface area is 171 Å². The quantitative estimate of drug-likeness (QED) is 0.390. The number of hydrogen-bond acceptors (Lipinski definition) is 4. The van der Waals surface area contributed by atoms with Crippen molar-refractivity contribution < 1.29 is 9.53 Å². The van der Waals surface area contributed by atoms with Gasteiger partial charge in [-0.2, -0.15) is 0 Å². The highest BCUT2D eigenvalue weighted by molar-refractivity contribution is 6.35. The SMILES string of the molecule is O=C(OCc1ccc(Cl)cc1Cl)c1cc(-c2ccncc2)nc2ccccc12. The van der Waals surface area contributed by atoms with Crippen molar-refractivity contribution >= 4 is 40.1 Å². The molecule has 0 N–H and O–H groups in total. The van der Waals surface area contributed by atoms with E-state index >= 15 is 0 Å². The van der Waals surface area contributed by atoms with E-state index in [-0.39, 0.29) is 6.61 Å². The number of fused-ring (bicyclic) bond motifs is 1. The average Bonchev–Trinajstić information content (AvgIpc) is 2.72. The fourth-order valence-corrected chi connectivity index (χ4v) is 3.34. The second kappa shape index (κ2) is 7.97. The molecule has 0 aliphatic carbocycles. The predicted octanol–water partition coefficient (Wildman–Crippen LogP) is 5.96. The molecule has 138 valence electrons. The summed E-state index contributed by atoms with van der Waals surface area (Å²) in [7, 11) is 0. The van der Waals surface area contributed by atoms with E-state index < -0.39 is 5.97 Å². The van der Waals surface area contributed by atoms with Gasteiger partial charge >= 0.3 is 5.97 Å². The molecule has 0 fully saturated rings. The average molecular weight is 409 g/mol. The van der Waals surface area contributed by atoms with Crippen LogP contribution in [0.25, 0.3) is 22.2 Å². The lowest BCUT2D eigenvalue weighted by Crippen LogP contribution is -2.07. The van der Waals surface area contributed by atoms with Crippen LogP contribution in [0.15, 0.2) is 73.1 Å². The van der Waals surface area contributed by atoms with Crippen molar-refractivity contribution in [3.8, 4) is 11.3 Å². The molecule has 2 aromatic carbocycles. The molecule has 0 spiro atoms. The maximum atomic E-state index is 12.9. The molecule has 0 bridgehead atoms. The minimum atomic E-state index is -0.445. The summed E-state index contributed by atoms with van der Waals surface area (Å²) >= 11 is 12.1. The summed E-state index contributed by atoms with van der Waals surface area (Å²) in [4.78, 5) is 21.5. The molecule has 0 atom stereocenters. The monoisotopic (exact) mass is 408 g/mol. The number of nitrogens with zero attached hydrogens (tertiary/aromatic N) is 2. The summed E-state index contributed by atoms with van der Waals surface area (Å²) in [6.45, 7) is 0.0517. The smallest absolute Gasteiger partial charge is 0.339 e. The van der Waals surface area contributed by atoms with Crippen LogP contribution in [0.2, 0.25) is 10.0 Å². The highest BCUT2D eigenvalue weighted by Crippen LogP contribution is 2.26. The van der Waals surface area contributed by atoms with Gasteiger partial charge in [-0.3, -0.25) is 4.98 Å². The first-order chi connectivity index (χ1) is 13.6. The Bertz CT molecular complexity index is 1160. The molecule has 0 unspecified atom stereocenters. The highest BCUT2D eigenvalue weighted by Gasteiger charge is 2.16. The van der Waals surface area contributed by atoms with Crippen LogP contribution >= 0.6 is 23.2 Å². The molecule has 0 radical (unpaired) electrons. The Morgan fingerprint density at radius 1 is 0.964 bits per heavy atom. The number of ether oxygens (including phenoxy) is 1. The number of esters is 1. The van der Waals surface area contributed by atoms with Crippen LogP contribution < -0.4 is 0 Å². The van der Waals surface area contributed by atoms with Crippen molar-refractivity contribution in [3.05, 3.63) is 94.2 Å². The first kappa shape index (κ1) is 18.4. The van der Waals surface area contributed by atoms with E-state index in [1.807, 2.05) is 36.4 Å².